The van der Waals surface area contributed by atoms with Gasteiger partial charge in [0.15, 0.2) is 6.10 Å². The summed E-state index contributed by atoms with van der Waals surface area (Å²) in [6.45, 7) is 0.680. The van der Waals surface area contributed by atoms with Gasteiger partial charge in [-0.1, -0.05) is 0 Å². The summed E-state index contributed by atoms with van der Waals surface area (Å²) in [4.78, 5) is 26.5. The standard InChI is InChI=1S/C18H17N3O4/c19-11-12-4-9-15(21-12)18(23)25-14-7-5-13(6-8-14)24-16-3-1-2-10-20-17(16)22/h4-9,16,21H,1-3,10H2,(H,20,22)/t16-/m0/s1. The monoisotopic (exact) mass is 339 g/mol. The molecular weight excluding hydrogens is 322 g/mol. The Balaban J connectivity index is 1.61. The third kappa shape index (κ3) is 4.18. The van der Waals surface area contributed by atoms with E-state index >= 15 is 0 Å². The van der Waals surface area contributed by atoms with Gasteiger partial charge in [-0.15, -0.1) is 0 Å². The van der Waals surface area contributed by atoms with Crippen LogP contribution < -0.4 is 14.8 Å². The Morgan fingerprint density at radius 2 is 1.88 bits per heavy atom. The maximum Gasteiger partial charge on any atom is 0.360 e. The number of carbonyl (C=O) groups excluding carboxylic acids is 2. The first-order chi connectivity index (χ1) is 12.2. The molecule has 7 nitrogen and oxygen atoms in total. The lowest BCUT2D eigenvalue weighted by atomic mass is 10.2. The fourth-order valence-corrected chi connectivity index (χ4v) is 2.52. The Labute approximate surface area is 144 Å². The Morgan fingerprint density at radius 1 is 1.12 bits per heavy atom. The first-order valence-electron chi connectivity index (χ1n) is 8.01. The van der Waals surface area contributed by atoms with E-state index in [1.165, 1.54) is 12.1 Å². The topological polar surface area (TPSA) is 104 Å². The Kier molecular flexibility index (Phi) is 5.00. The molecule has 1 aromatic carbocycles. The van der Waals surface area contributed by atoms with Crippen molar-refractivity contribution in [3.63, 3.8) is 0 Å². The van der Waals surface area contributed by atoms with Gasteiger partial charge in [0.05, 0.1) is 0 Å². The second-order valence-electron chi connectivity index (χ2n) is 5.65. The maximum absolute atomic E-state index is 12.0. The van der Waals surface area contributed by atoms with Crippen molar-refractivity contribution in [2.75, 3.05) is 6.54 Å². The van der Waals surface area contributed by atoms with Crippen LogP contribution in [-0.4, -0.2) is 29.5 Å². The predicted molar refractivity (Wildman–Crippen MR) is 88.2 cm³/mol. The predicted octanol–water partition coefficient (Wildman–Crippen LogP) is 2.15. The number of rotatable bonds is 4. The molecule has 1 aliphatic heterocycles. The van der Waals surface area contributed by atoms with E-state index in [2.05, 4.69) is 10.3 Å². The second-order valence-corrected chi connectivity index (χ2v) is 5.65. The van der Waals surface area contributed by atoms with E-state index in [0.29, 0.717) is 24.5 Å². The van der Waals surface area contributed by atoms with Crippen LogP contribution in [0.15, 0.2) is 36.4 Å². The minimum atomic E-state index is -0.585. The second kappa shape index (κ2) is 7.53. The molecule has 0 unspecified atom stereocenters. The summed E-state index contributed by atoms with van der Waals surface area (Å²) in [7, 11) is 0. The zero-order valence-electron chi connectivity index (χ0n) is 13.5. The van der Waals surface area contributed by atoms with E-state index in [0.717, 1.165) is 12.8 Å². The highest BCUT2D eigenvalue weighted by atomic mass is 16.5. The van der Waals surface area contributed by atoms with Gasteiger partial charge in [-0.05, 0) is 55.7 Å². The van der Waals surface area contributed by atoms with Gasteiger partial charge < -0.3 is 19.8 Å². The number of carbonyl (C=O) groups is 2. The molecule has 0 saturated carbocycles. The van der Waals surface area contributed by atoms with Crippen molar-refractivity contribution in [3.8, 4) is 17.6 Å². The van der Waals surface area contributed by atoms with Crippen LogP contribution in [0.3, 0.4) is 0 Å². The fourth-order valence-electron chi connectivity index (χ4n) is 2.52. The molecule has 1 aromatic heterocycles. The highest BCUT2D eigenvalue weighted by molar-refractivity contribution is 5.89. The minimum absolute atomic E-state index is 0.104. The average Bonchev–Trinajstić information content (AvgIpc) is 3.02. The molecule has 25 heavy (non-hydrogen) atoms. The van der Waals surface area contributed by atoms with E-state index in [9.17, 15) is 9.59 Å². The number of benzene rings is 1. The SMILES string of the molecule is N#Cc1ccc(C(=O)Oc2ccc(O[C@H]3CCCCNC3=O)cc2)[nH]1. The van der Waals surface area contributed by atoms with Gasteiger partial charge in [-0.3, -0.25) is 4.79 Å². The highest BCUT2D eigenvalue weighted by Gasteiger charge is 2.22. The Hall–Kier alpha value is -3.27. The van der Waals surface area contributed by atoms with Gasteiger partial charge in [-0.25, -0.2) is 4.79 Å². The fraction of sp³-hybridized carbons (Fsp3) is 0.278. The van der Waals surface area contributed by atoms with Crippen molar-refractivity contribution in [2.45, 2.75) is 25.4 Å². The van der Waals surface area contributed by atoms with Gasteiger partial charge in [0.1, 0.15) is 29.0 Å². The number of amides is 1. The highest BCUT2D eigenvalue weighted by Crippen LogP contribution is 2.21. The lowest BCUT2D eigenvalue weighted by Crippen LogP contribution is -2.36. The van der Waals surface area contributed by atoms with Crippen LogP contribution in [0.25, 0.3) is 0 Å². The van der Waals surface area contributed by atoms with Crippen LogP contribution in [0.5, 0.6) is 11.5 Å². The molecule has 1 aliphatic rings. The number of aromatic amines is 1. The lowest BCUT2D eigenvalue weighted by Gasteiger charge is -2.16. The number of H-pyrrole nitrogens is 1. The zero-order valence-corrected chi connectivity index (χ0v) is 13.5. The molecule has 0 spiro atoms. The number of ether oxygens (including phenoxy) is 2. The number of hydrogen-bond donors (Lipinski definition) is 2. The minimum Gasteiger partial charge on any atom is -0.481 e. The van der Waals surface area contributed by atoms with E-state index in [1.54, 1.807) is 24.3 Å². The summed E-state index contributed by atoms with van der Waals surface area (Å²) in [6.07, 6.45) is 2.06. The summed E-state index contributed by atoms with van der Waals surface area (Å²) in [5, 5.41) is 11.6. The van der Waals surface area contributed by atoms with Gasteiger partial charge >= 0.3 is 5.97 Å². The largest absolute Gasteiger partial charge is 0.481 e. The number of aromatic nitrogens is 1. The Bertz CT molecular complexity index is 804. The number of hydrogen-bond acceptors (Lipinski definition) is 5. The number of nitrogens with zero attached hydrogens (tertiary/aromatic N) is 1. The molecule has 2 N–H and O–H groups in total. The van der Waals surface area contributed by atoms with Crippen LogP contribution in [0.2, 0.25) is 0 Å². The van der Waals surface area contributed by atoms with Gasteiger partial charge in [0.25, 0.3) is 5.91 Å². The average molecular weight is 339 g/mol. The molecule has 1 atom stereocenters. The van der Waals surface area contributed by atoms with E-state index < -0.39 is 12.1 Å². The molecule has 0 bridgehead atoms. The molecule has 3 rings (SSSR count). The summed E-state index contributed by atoms with van der Waals surface area (Å²) in [5.41, 5.74) is 0.490. The van der Waals surface area contributed by atoms with Crippen molar-refractivity contribution in [1.29, 1.82) is 5.26 Å². The first-order valence-corrected chi connectivity index (χ1v) is 8.01. The quantitative estimate of drug-likeness (QED) is 0.656. The van der Waals surface area contributed by atoms with Crippen molar-refractivity contribution >= 4 is 11.9 Å². The van der Waals surface area contributed by atoms with E-state index in [4.69, 9.17) is 14.7 Å². The Morgan fingerprint density at radius 3 is 2.60 bits per heavy atom. The van der Waals surface area contributed by atoms with Crippen molar-refractivity contribution in [1.82, 2.24) is 10.3 Å². The molecule has 2 aromatic rings. The summed E-state index contributed by atoms with van der Waals surface area (Å²) in [6, 6.07) is 11.4. The van der Waals surface area contributed by atoms with Gasteiger partial charge in [0.2, 0.25) is 0 Å². The molecule has 2 heterocycles. The molecular formula is C18H17N3O4. The van der Waals surface area contributed by atoms with E-state index in [1.807, 2.05) is 6.07 Å². The summed E-state index contributed by atoms with van der Waals surface area (Å²) in [5.74, 6) is 0.190. The molecule has 7 heteroatoms. The number of nitrogens with one attached hydrogen (secondary N) is 2. The molecule has 0 aliphatic carbocycles. The van der Waals surface area contributed by atoms with Crippen LogP contribution in [-0.2, 0) is 4.79 Å². The van der Waals surface area contributed by atoms with Crippen LogP contribution in [0, 0.1) is 11.3 Å². The van der Waals surface area contributed by atoms with Crippen molar-refractivity contribution in [2.24, 2.45) is 0 Å². The molecule has 128 valence electrons. The number of nitriles is 1. The van der Waals surface area contributed by atoms with Crippen LogP contribution in [0.1, 0.15) is 35.4 Å². The van der Waals surface area contributed by atoms with Crippen molar-refractivity contribution in [3.05, 3.63) is 47.8 Å². The van der Waals surface area contributed by atoms with Crippen molar-refractivity contribution < 1.29 is 19.1 Å². The molecule has 1 saturated heterocycles. The zero-order chi connectivity index (χ0) is 17.6. The molecule has 1 fully saturated rings. The third-order valence-corrected chi connectivity index (χ3v) is 3.82. The normalized spacial score (nSPS) is 17.1. The lowest BCUT2D eigenvalue weighted by molar-refractivity contribution is -0.127. The number of esters is 1. The van der Waals surface area contributed by atoms with Crippen LogP contribution in [0.4, 0.5) is 0 Å². The smallest absolute Gasteiger partial charge is 0.360 e. The van der Waals surface area contributed by atoms with Crippen LogP contribution >= 0.6 is 0 Å². The van der Waals surface area contributed by atoms with Gasteiger partial charge in [0, 0.05) is 6.54 Å². The summed E-state index contributed by atoms with van der Waals surface area (Å²) < 4.78 is 10.9. The van der Waals surface area contributed by atoms with Gasteiger partial charge in [-0.2, -0.15) is 5.26 Å². The molecule has 0 radical (unpaired) electrons. The molecule has 1 amide bonds. The maximum atomic E-state index is 12.0. The summed E-state index contributed by atoms with van der Waals surface area (Å²) >= 11 is 0. The first kappa shape index (κ1) is 16.6. The van der Waals surface area contributed by atoms with E-state index in [-0.39, 0.29) is 17.3 Å². The third-order valence-electron chi connectivity index (χ3n) is 3.82.